The number of para-hydroxylation sites is 1. The fourth-order valence-corrected chi connectivity index (χ4v) is 21.5. The number of amides is 6. The molecular weight excluding hydrogens is 1840 g/mol. The van der Waals surface area contributed by atoms with Crippen molar-refractivity contribution in [3.63, 3.8) is 0 Å². The van der Waals surface area contributed by atoms with E-state index in [-0.39, 0.29) is 153 Å². The number of hydrogen-bond donors (Lipinski definition) is 18. The molecule has 0 aromatic heterocycles. The molecule has 0 bridgehead atoms. The number of fused-ring (bicyclic) bond motifs is 9. The van der Waals surface area contributed by atoms with Gasteiger partial charge in [-0.1, -0.05) is 102 Å². The van der Waals surface area contributed by atoms with Crippen LogP contribution in [0.4, 0.5) is 20.2 Å². The first-order valence-electron chi connectivity index (χ1n) is 49.1. The van der Waals surface area contributed by atoms with E-state index in [1.807, 2.05) is 62.5 Å². The van der Waals surface area contributed by atoms with Crippen molar-refractivity contribution in [1.82, 2.24) is 48.0 Å². The number of hydrazine groups is 3. The van der Waals surface area contributed by atoms with Crippen LogP contribution in [0.1, 0.15) is 167 Å². The number of aliphatic hydroxyl groups excluding tert-OH is 8. The van der Waals surface area contributed by atoms with E-state index in [1.165, 1.54) is 36.2 Å². The Labute approximate surface area is 817 Å². The number of hydrogen-bond acceptors (Lipinski definition) is 34. The minimum Gasteiger partial charge on any atom is -0.486 e. The summed E-state index contributed by atoms with van der Waals surface area (Å²) < 4.78 is 100. The number of alkyl halides is 2. The standard InChI is InChI=1S/C99H140F2N12O28/c1-8-18-81-139-76-48-63-64-47-66(100)65-46-59(116)32-34-96(65,5)98(64,101)74(118)49-97(63,6)99(76,141-81)75(119)53-135-60-28-26-58(27-29-60)106-92(129)56(4)45-70(117)82(55(2)3)108-93(130)67(22-16-17-35-104-79(122)54-136-71-25-11-9-10-24-69-85(71)110-111-113(69)94-89(127)88(126)91(73(52-115)137-94)140-95-90(128)87(125)86(124)72(51-114)138-95)107-78(121)33-37-131-39-41-133-43-44-134-42-40-132-38-36-105-77(120)30-31-80(123)112-50-57-19-12-13-20-61(57)83(103-7)84(109-102)62-21-14-15-23-68(62)112/h12-15,19-21,23,26-29,32,34,46,55-56,63-64,66-67,71-74,76,81-82,86-91,94-95,103,109-111,114-115,118,124-128H,8-11,16-18,22,24-25,30-31,33,35-45,47-54,102H2,1-7H3,(H,104,122)(H,105,120)(H,106,129)(H,107,121)(H,108,130)/b84-83-/t56-,63+,64+,66+,67-,71?,72-,73-,74+,76-,81?,82+,86-,87+,88-,89-,90-,91-,94+,95-,96+,97+,98+,99-/m1/s1. The first-order valence-corrected chi connectivity index (χ1v) is 49.1. The van der Waals surface area contributed by atoms with Crippen molar-refractivity contribution >= 4 is 75.6 Å². The van der Waals surface area contributed by atoms with Gasteiger partial charge in [0.1, 0.15) is 86.1 Å². The van der Waals surface area contributed by atoms with E-state index in [9.17, 15) is 79.2 Å². The maximum Gasteiger partial charge on any atom is 0.246 e. The van der Waals surface area contributed by atoms with Crippen LogP contribution in [-0.4, -0.2) is 314 Å². The Morgan fingerprint density at radius 1 is 0.702 bits per heavy atom. The van der Waals surface area contributed by atoms with Gasteiger partial charge in [-0.05, 0) is 137 Å². The molecule has 5 heterocycles. The molecule has 6 fully saturated rings. The summed E-state index contributed by atoms with van der Waals surface area (Å²) in [6.07, 6.45) is -14.5. The molecule has 42 heteroatoms. The average Bonchev–Trinajstić information content (AvgIpc) is 1.51. The maximum absolute atomic E-state index is 18.1. The second-order valence-electron chi connectivity index (χ2n) is 38.5. The van der Waals surface area contributed by atoms with Crippen LogP contribution < -0.4 is 63.8 Å². The topological polar surface area (TPSA) is 558 Å². The summed E-state index contributed by atoms with van der Waals surface area (Å²) in [6, 6.07) is 19.0. The Morgan fingerprint density at radius 3 is 2.10 bits per heavy atom. The molecule has 3 saturated heterocycles. The molecule has 778 valence electrons. The van der Waals surface area contributed by atoms with Crippen LogP contribution in [0.5, 0.6) is 5.75 Å². The van der Waals surface area contributed by atoms with Crippen molar-refractivity contribution in [1.29, 1.82) is 0 Å². The lowest BCUT2D eigenvalue weighted by Crippen LogP contribution is -2.71. The van der Waals surface area contributed by atoms with Gasteiger partial charge in [0.2, 0.25) is 41.2 Å². The Morgan fingerprint density at radius 2 is 1.40 bits per heavy atom. The molecule has 40 nitrogen and oxygen atoms in total. The molecule has 6 amide bonds. The van der Waals surface area contributed by atoms with Gasteiger partial charge < -0.3 is 141 Å². The van der Waals surface area contributed by atoms with Crippen LogP contribution in [0, 0.1) is 34.5 Å². The van der Waals surface area contributed by atoms with E-state index < -0.39 is 217 Å². The van der Waals surface area contributed by atoms with Crippen LogP contribution in [0.3, 0.4) is 0 Å². The zero-order valence-electron chi connectivity index (χ0n) is 80.9. The van der Waals surface area contributed by atoms with Crippen molar-refractivity contribution in [2.24, 2.45) is 40.3 Å². The minimum atomic E-state index is -2.39. The normalized spacial score (nSPS) is 31.1. The molecule has 0 spiro atoms. The molecule has 3 saturated carbocycles. The van der Waals surface area contributed by atoms with Crippen molar-refractivity contribution in [3.05, 3.63) is 125 Å². The van der Waals surface area contributed by atoms with E-state index in [0.29, 0.717) is 73.4 Å². The second-order valence-corrected chi connectivity index (χ2v) is 38.5. The molecule has 2 unspecified atom stereocenters. The zero-order valence-corrected chi connectivity index (χ0v) is 80.9. The van der Waals surface area contributed by atoms with Gasteiger partial charge in [-0.2, -0.15) is 0 Å². The number of benzene rings is 3. The van der Waals surface area contributed by atoms with Crippen molar-refractivity contribution < 1.29 is 145 Å². The van der Waals surface area contributed by atoms with E-state index in [2.05, 4.69) is 48.3 Å². The fraction of sp³-hybridized carbons (Fsp3) is 0.646. The van der Waals surface area contributed by atoms with E-state index in [0.717, 1.165) is 34.9 Å². The molecule has 3 aromatic rings. The number of aliphatic hydroxyl groups is 8. The Bertz CT molecular complexity index is 4960. The summed E-state index contributed by atoms with van der Waals surface area (Å²) >= 11 is 0. The summed E-state index contributed by atoms with van der Waals surface area (Å²) in [7, 11) is 1.81. The fourth-order valence-electron chi connectivity index (χ4n) is 21.5. The monoisotopic (exact) mass is 1980 g/mol. The van der Waals surface area contributed by atoms with Crippen molar-refractivity contribution in [3.8, 4) is 5.75 Å². The number of ether oxygens (including phenoxy) is 11. The molecular formula is C99H140F2N12O28. The van der Waals surface area contributed by atoms with Gasteiger partial charge in [0.05, 0.1) is 119 Å². The number of nitrogens with one attached hydrogen (secondary N) is 9. The number of Topliss-reactive ketones (excluding diaryl/α,β-unsaturated/α-hetero) is 2. The number of halogens is 2. The number of rotatable bonds is 48. The smallest absolute Gasteiger partial charge is 0.246 e. The summed E-state index contributed by atoms with van der Waals surface area (Å²) in [5, 5.41) is 106. The Kier molecular flexibility index (Phi) is 38.1. The predicted octanol–water partition coefficient (Wildman–Crippen LogP) is 2.21. The number of carbonyl (C=O) groups is 9. The predicted molar refractivity (Wildman–Crippen MR) is 503 cm³/mol. The minimum absolute atomic E-state index is 0.0190. The number of nitrogens with zero attached hydrogens (tertiary/aromatic N) is 2. The number of nitrogens with two attached hydrogens (primary N) is 1. The first kappa shape index (κ1) is 109. The van der Waals surface area contributed by atoms with Gasteiger partial charge in [-0.25, -0.2) is 8.78 Å². The lowest BCUT2D eigenvalue weighted by molar-refractivity contribution is -0.349. The number of ketones is 3. The van der Waals surface area contributed by atoms with Crippen LogP contribution in [-0.2, 0) is 97.1 Å². The van der Waals surface area contributed by atoms with Gasteiger partial charge in [0.15, 0.2) is 41.6 Å². The molecule has 10 aliphatic rings. The molecule has 5 aliphatic heterocycles. The Balaban J connectivity index is 0.561. The third-order valence-corrected chi connectivity index (χ3v) is 29.0. The lowest BCUT2D eigenvalue weighted by Gasteiger charge is -2.63. The lowest BCUT2D eigenvalue weighted by atomic mass is 9.44. The first-order chi connectivity index (χ1) is 67.7. The Hall–Kier alpha value is -9.49. The number of allylic oxidation sites excluding steroid dienone is 5. The zero-order chi connectivity index (χ0) is 101. The highest BCUT2D eigenvalue weighted by Crippen LogP contribution is 2.72. The van der Waals surface area contributed by atoms with Crippen molar-refractivity contribution in [2.45, 2.75) is 273 Å². The van der Waals surface area contributed by atoms with E-state index >= 15 is 13.6 Å². The summed E-state index contributed by atoms with van der Waals surface area (Å²) in [4.78, 5) is 126. The van der Waals surface area contributed by atoms with Gasteiger partial charge >= 0.3 is 0 Å². The van der Waals surface area contributed by atoms with Crippen molar-refractivity contribution in [2.75, 3.05) is 110 Å². The van der Waals surface area contributed by atoms with E-state index in [4.69, 9.17) is 57.9 Å². The maximum atomic E-state index is 18.1. The van der Waals surface area contributed by atoms with Crippen LogP contribution in [0.2, 0.25) is 0 Å². The van der Waals surface area contributed by atoms with Crippen LogP contribution in [0.15, 0.2) is 108 Å². The average molecular weight is 1980 g/mol. The molecule has 3 aromatic carbocycles. The van der Waals surface area contributed by atoms with Gasteiger partial charge in [-0.15, -0.1) is 5.53 Å². The number of unbranched alkanes of at least 4 members (excludes halogenated alkanes) is 1. The third-order valence-electron chi connectivity index (χ3n) is 29.0. The highest BCUT2D eigenvalue weighted by atomic mass is 19.1. The van der Waals surface area contributed by atoms with E-state index in [1.54, 1.807) is 44.7 Å². The quantitative estimate of drug-likeness (QED) is 0.0219. The van der Waals surface area contributed by atoms with Gasteiger partial charge in [0.25, 0.3) is 0 Å². The second kappa shape index (κ2) is 49.4. The number of anilines is 2. The SMILES string of the molecule is CCCC1O[C@@H]2C[C@H]3[C@@H]4C[C@H](F)C5=CC(=O)C=C[C@]5(C)[C@@]4(F)[C@@H](O)C[C@]3(C)[C@]2(C(=O)COc2ccc(NC(=O)[C@H](C)CC(=O)[C@@H](NC(=O)[C@@H](CCCCNC(=O)COC3CCCCCC4=C3NNN4[C@H]3O[C@H](CO)[C@@H](O[C@H]4O[C@H](CO)[C@@H](O)[C@H](O)[C@H]4O)[C@H](O)[C@H]3O)NC(=O)CCOCCOCCOCCOCCNC(=O)CCC(=O)N3Cc4ccccc4/C(NC)=C(/NN)c4ccccc43)C(C)C)cc2)O1. The number of carbonyl (C=O) groups excluding carboxylic acids is 9. The molecule has 13 rings (SSSR count). The largest absolute Gasteiger partial charge is 0.486 e. The molecule has 0 radical (unpaired) electrons. The molecule has 141 heavy (non-hydrogen) atoms. The highest BCUT2D eigenvalue weighted by molar-refractivity contribution is 6.03. The summed E-state index contributed by atoms with van der Waals surface area (Å²) in [6.45, 7) is 9.71. The molecule has 24 atom stereocenters. The third kappa shape index (κ3) is 24.4. The van der Waals surface area contributed by atoms with Gasteiger partial charge in [-0.3, -0.25) is 54.0 Å². The summed E-state index contributed by atoms with van der Waals surface area (Å²) in [5.74, 6) is -1.18. The van der Waals surface area contributed by atoms with Crippen LogP contribution in [0.25, 0.3) is 11.4 Å². The summed E-state index contributed by atoms with van der Waals surface area (Å²) in [5.41, 5.74) is 7.80. The molecule has 5 aliphatic carbocycles. The molecule has 19 N–H and O–H groups in total. The highest BCUT2D eigenvalue weighted by Gasteiger charge is 2.80. The van der Waals surface area contributed by atoms with Gasteiger partial charge in [0, 0.05) is 85.3 Å². The van der Waals surface area contributed by atoms with Crippen LogP contribution >= 0.6 is 0 Å².